The van der Waals surface area contributed by atoms with Gasteiger partial charge < -0.3 is 15.0 Å². The molecule has 1 aliphatic rings. The van der Waals surface area contributed by atoms with Gasteiger partial charge in [0.2, 0.25) is 11.8 Å². The Morgan fingerprint density at radius 3 is 2.75 bits per heavy atom. The Labute approximate surface area is 141 Å². The number of nitrogens with zero attached hydrogens (tertiary/aromatic N) is 1. The summed E-state index contributed by atoms with van der Waals surface area (Å²) in [5.41, 5.74) is 3.62. The third kappa shape index (κ3) is 3.25. The minimum atomic E-state index is -0.0964. The van der Waals surface area contributed by atoms with Crippen LogP contribution < -0.4 is 15.0 Å². The number of carbonyl (C=O) groups is 2. The Morgan fingerprint density at radius 1 is 1.21 bits per heavy atom. The first-order valence-electron chi connectivity index (χ1n) is 7.91. The average Bonchev–Trinajstić information content (AvgIpc) is 2.98. The quantitative estimate of drug-likeness (QED) is 0.941. The van der Waals surface area contributed by atoms with Gasteiger partial charge in [0.05, 0.1) is 13.5 Å². The maximum atomic E-state index is 12.3. The standard InChI is InChI=1S/C19H20N2O3/c1-13(22)21-10-9-14-11-16(7-8-17(14)21)20-19(23)12-15-5-3-4-6-18(15)24-2/h3-8,11H,9-10,12H2,1-2H3,(H,20,23). The second kappa shape index (κ2) is 6.74. The van der Waals surface area contributed by atoms with Gasteiger partial charge in [-0.05, 0) is 36.2 Å². The maximum absolute atomic E-state index is 12.3. The lowest BCUT2D eigenvalue weighted by atomic mass is 10.1. The Balaban J connectivity index is 1.71. The summed E-state index contributed by atoms with van der Waals surface area (Å²) in [6.45, 7) is 2.27. The molecule has 0 saturated heterocycles. The van der Waals surface area contributed by atoms with E-state index in [1.807, 2.05) is 42.5 Å². The molecular weight excluding hydrogens is 304 g/mol. The molecule has 0 aromatic heterocycles. The van der Waals surface area contributed by atoms with Crippen molar-refractivity contribution in [3.63, 3.8) is 0 Å². The van der Waals surface area contributed by atoms with Crippen molar-refractivity contribution in [2.75, 3.05) is 23.9 Å². The lowest BCUT2D eigenvalue weighted by Crippen LogP contribution is -2.25. The molecule has 2 aromatic carbocycles. The lowest BCUT2D eigenvalue weighted by molar-refractivity contribution is -0.117. The first kappa shape index (κ1) is 16.1. The number of methoxy groups -OCH3 is 1. The van der Waals surface area contributed by atoms with E-state index in [1.165, 1.54) is 0 Å². The zero-order valence-electron chi connectivity index (χ0n) is 13.8. The van der Waals surface area contributed by atoms with E-state index in [-0.39, 0.29) is 18.2 Å². The van der Waals surface area contributed by atoms with Gasteiger partial charge in [0.1, 0.15) is 5.75 Å². The Bertz CT molecular complexity index is 786. The molecule has 0 spiro atoms. The topological polar surface area (TPSA) is 58.6 Å². The molecule has 0 fully saturated rings. The van der Waals surface area contributed by atoms with Gasteiger partial charge in [-0.2, -0.15) is 0 Å². The first-order valence-corrected chi connectivity index (χ1v) is 7.91. The highest BCUT2D eigenvalue weighted by molar-refractivity contribution is 5.96. The van der Waals surface area contributed by atoms with Crippen LogP contribution in [0, 0.1) is 0 Å². The third-order valence-electron chi connectivity index (χ3n) is 4.18. The predicted molar refractivity (Wildman–Crippen MR) is 93.5 cm³/mol. The summed E-state index contributed by atoms with van der Waals surface area (Å²) in [5, 5.41) is 2.92. The van der Waals surface area contributed by atoms with E-state index in [9.17, 15) is 9.59 Å². The molecule has 5 nitrogen and oxygen atoms in total. The van der Waals surface area contributed by atoms with Gasteiger partial charge in [-0.25, -0.2) is 0 Å². The molecule has 5 heteroatoms. The summed E-state index contributed by atoms with van der Waals surface area (Å²) in [6.07, 6.45) is 1.06. The highest BCUT2D eigenvalue weighted by Gasteiger charge is 2.22. The van der Waals surface area contributed by atoms with Crippen LogP contribution in [0.1, 0.15) is 18.1 Å². The average molecular weight is 324 g/mol. The van der Waals surface area contributed by atoms with E-state index < -0.39 is 0 Å². The van der Waals surface area contributed by atoms with E-state index in [2.05, 4.69) is 5.32 Å². The van der Waals surface area contributed by atoms with Gasteiger partial charge in [0, 0.05) is 30.4 Å². The normalized spacial score (nSPS) is 12.7. The number of para-hydroxylation sites is 1. The molecule has 1 N–H and O–H groups in total. The van der Waals surface area contributed by atoms with Crippen LogP contribution >= 0.6 is 0 Å². The number of carbonyl (C=O) groups excluding carboxylic acids is 2. The van der Waals surface area contributed by atoms with Gasteiger partial charge >= 0.3 is 0 Å². The van der Waals surface area contributed by atoms with Crippen molar-refractivity contribution < 1.29 is 14.3 Å². The van der Waals surface area contributed by atoms with Crippen molar-refractivity contribution in [3.05, 3.63) is 53.6 Å². The van der Waals surface area contributed by atoms with Crippen LogP contribution in [0.15, 0.2) is 42.5 Å². The fraction of sp³-hybridized carbons (Fsp3) is 0.263. The molecule has 0 atom stereocenters. The largest absolute Gasteiger partial charge is 0.496 e. The number of rotatable bonds is 4. The number of benzene rings is 2. The monoisotopic (exact) mass is 324 g/mol. The lowest BCUT2D eigenvalue weighted by Gasteiger charge is -2.15. The van der Waals surface area contributed by atoms with Crippen molar-refractivity contribution in [1.29, 1.82) is 0 Å². The smallest absolute Gasteiger partial charge is 0.228 e. The van der Waals surface area contributed by atoms with Crippen molar-refractivity contribution >= 4 is 23.2 Å². The third-order valence-corrected chi connectivity index (χ3v) is 4.18. The van der Waals surface area contributed by atoms with Crippen LogP contribution in [0.3, 0.4) is 0 Å². The van der Waals surface area contributed by atoms with Crippen molar-refractivity contribution in [3.8, 4) is 5.75 Å². The van der Waals surface area contributed by atoms with E-state index in [0.717, 1.165) is 28.9 Å². The second-order valence-electron chi connectivity index (χ2n) is 5.80. The predicted octanol–water partition coefficient (Wildman–Crippen LogP) is 2.79. The van der Waals surface area contributed by atoms with E-state index in [4.69, 9.17) is 4.74 Å². The fourth-order valence-corrected chi connectivity index (χ4v) is 3.03. The zero-order valence-corrected chi connectivity index (χ0v) is 13.8. The molecular formula is C19H20N2O3. The summed E-state index contributed by atoms with van der Waals surface area (Å²) in [6, 6.07) is 13.2. The highest BCUT2D eigenvalue weighted by Crippen LogP contribution is 2.30. The molecule has 1 aliphatic heterocycles. The van der Waals surface area contributed by atoms with E-state index in [1.54, 1.807) is 18.9 Å². The Kier molecular flexibility index (Phi) is 4.51. The molecule has 0 saturated carbocycles. The molecule has 0 bridgehead atoms. The number of nitrogens with one attached hydrogen (secondary N) is 1. The van der Waals surface area contributed by atoms with Crippen LogP contribution in [0.4, 0.5) is 11.4 Å². The SMILES string of the molecule is COc1ccccc1CC(=O)Nc1ccc2c(c1)CCN2C(C)=O. The van der Waals surface area contributed by atoms with Crippen LogP contribution in [-0.4, -0.2) is 25.5 Å². The van der Waals surface area contributed by atoms with Crippen molar-refractivity contribution in [2.45, 2.75) is 19.8 Å². The summed E-state index contributed by atoms with van der Waals surface area (Å²) < 4.78 is 5.27. The summed E-state index contributed by atoms with van der Waals surface area (Å²) in [5.74, 6) is 0.654. The van der Waals surface area contributed by atoms with Crippen LogP contribution in [0.5, 0.6) is 5.75 Å². The van der Waals surface area contributed by atoms with Crippen molar-refractivity contribution in [1.82, 2.24) is 0 Å². The number of amides is 2. The molecule has 2 aromatic rings. The zero-order chi connectivity index (χ0) is 17.1. The molecule has 124 valence electrons. The molecule has 24 heavy (non-hydrogen) atoms. The summed E-state index contributed by atoms with van der Waals surface area (Å²) in [4.78, 5) is 25.6. The molecule has 0 aliphatic carbocycles. The number of anilines is 2. The first-order chi connectivity index (χ1) is 11.6. The number of fused-ring (bicyclic) bond motifs is 1. The van der Waals surface area contributed by atoms with Crippen molar-refractivity contribution in [2.24, 2.45) is 0 Å². The molecule has 1 heterocycles. The van der Waals surface area contributed by atoms with E-state index in [0.29, 0.717) is 12.3 Å². The Hall–Kier alpha value is -2.82. The second-order valence-corrected chi connectivity index (χ2v) is 5.80. The van der Waals surface area contributed by atoms with Crippen LogP contribution in [0.2, 0.25) is 0 Å². The van der Waals surface area contributed by atoms with Crippen LogP contribution in [-0.2, 0) is 22.4 Å². The van der Waals surface area contributed by atoms with E-state index >= 15 is 0 Å². The molecule has 3 rings (SSSR count). The number of hydrogen-bond acceptors (Lipinski definition) is 3. The minimum absolute atomic E-state index is 0.0432. The fourth-order valence-electron chi connectivity index (χ4n) is 3.03. The highest BCUT2D eigenvalue weighted by atomic mass is 16.5. The van der Waals surface area contributed by atoms with Gasteiger partial charge in [0.25, 0.3) is 0 Å². The van der Waals surface area contributed by atoms with Gasteiger partial charge in [-0.1, -0.05) is 18.2 Å². The Morgan fingerprint density at radius 2 is 2.00 bits per heavy atom. The maximum Gasteiger partial charge on any atom is 0.228 e. The molecule has 0 unspecified atom stereocenters. The summed E-state index contributed by atoms with van der Waals surface area (Å²) >= 11 is 0. The molecule has 0 radical (unpaired) electrons. The number of ether oxygens (including phenoxy) is 1. The van der Waals surface area contributed by atoms with Crippen LogP contribution in [0.25, 0.3) is 0 Å². The van der Waals surface area contributed by atoms with Gasteiger partial charge in [0.15, 0.2) is 0 Å². The van der Waals surface area contributed by atoms with Gasteiger partial charge in [-0.3, -0.25) is 9.59 Å². The minimum Gasteiger partial charge on any atom is -0.496 e. The van der Waals surface area contributed by atoms with Gasteiger partial charge in [-0.15, -0.1) is 0 Å². The molecule has 2 amide bonds. The summed E-state index contributed by atoms with van der Waals surface area (Å²) in [7, 11) is 1.60. The number of hydrogen-bond donors (Lipinski definition) is 1.